The molecule has 392 valence electrons. The van der Waals surface area contributed by atoms with Gasteiger partial charge in [0.15, 0.2) is 15.6 Å². The Labute approximate surface area is 400 Å². The first-order valence-corrected chi connectivity index (χ1v) is 24.8. The van der Waals surface area contributed by atoms with Crippen molar-refractivity contribution in [1.82, 2.24) is 10.6 Å². The Bertz CT molecular complexity index is 1700. The number of amides is 2. The van der Waals surface area contributed by atoms with Crippen LogP contribution in [0.3, 0.4) is 0 Å². The Morgan fingerprint density at radius 1 is 0.515 bits per heavy atom. The zero-order valence-corrected chi connectivity index (χ0v) is 40.2. The van der Waals surface area contributed by atoms with Crippen molar-refractivity contribution in [1.29, 1.82) is 0 Å². The Morgan fingerprint density at radius 3 is 1.66 bits per heavy atom. The summed E-state index contributed by atoms with van der Waals surface area (Å²) in [5, 5.41) is 41.3. The van der Waals surface area contributed by atoms with E-state index in [1.807, 2.05) is 13.8 Å². The summed E-state index contributed by atoms with van der Waals surface area (Å²) in [5.41, 5.74) is 0. The van der Waals surface area contributed by atoms with E-state index in [1.54, 1.807) is 6.92 Å². The molecule has 0 radical (unpaired) electrons. The second-order valence-corrected chi connectivity index (χ2v) is 18.2. The molecule has 0 bridgehead atoms. The smallest absolute Gasteiger partial charge is 0.326 e. The van der Waals surface area contributed by atoms with Crippen molar-refractivity contribution in [2.45, 2.75) is 169 Å². The quantitative estimate of drug-likeness (QED) is 0.0463. The maximum Gasteiger partial charge on any atom is 0.326 e. The van der Waals surface area contributed by atoms with Gasteiger partial charge in [0.05, 0.1) is 30.8 Å². The predicted octanol–water partition coefficient (Wildman–Crippen LogP) is 4.33. The summed E-state index contributed by atoms with van der Waals surface area (Å²) in [6.07, 6.45) is 3.01. The molecule has 0 aliphatic heterocycles. The van der Waals surface area contributed by atoms with Crippen LogP contribution >= 0.6 is 0 Å². The SMILES string of the molecule is C.CCNC(=O)CCC(CC(=O)CCC(NC(=O)CCCCC(=O)CCCS(=O)(=O)CC(=O)CCCC(=O)O)C(=O)O)C(=O)O.CCOCCOCC(=O)CC(CCCCCC(=O)CC)C(=O)O. The molecule has 6 N–H and O–H groups in total. The molecule has 0 rings (SSSR count). The van der Waals surface area contributed by atoms with Gasteiger partial charge in [-0.25, -0.2) is 13.2 Å². The number of Topliss-reactive ketones (excluding diaryl/α,β-unsaturated/α-hetero) is 5. The number of ether oxygens (including phenoxy) is 2. The molecule has 0 aliphatic rings. The van der Waals surface area contributed by atoms with Crippen LogP contribution in [0.25, 0.3) is 0 Å². The van der Waals surface area contributed by atoms with Gasteiger partial charge in [-0.3, -0.25) is 47.9 Å². The molecule has 0 saturated heterocycles. The molecule has 0 aromatic rings. The van der Waals surface area contributed by atoms with Gasteiger partial charge in [-0.2, -0.15) is 0 Å². The predicted molar refractivity (Wildman–Crippen MR) is 249 cm³/mol. The molecule has 68 heavy (non-hydrogen) atoms. The number of sulfone groups is 1. The minimum Gasteiger partial charge on any atom is -0.481 e. The van der Waals surface area contributed by atoms with Crippen LogP contribution in [0.1, 0.15) is 163 Å². The standard InChI is InChI=1S/C28H44N2O13S.C17H30O6.CH4/c1-2-29-24(34)15-12-19(27(38)39)17-21(32)13-14-23(28(40)41)30-25(35)10-4-3-7-20(31)9-6-16-44(42,43)18-22(33)8-5-11-26(36)37;1-3-15(18)9-7-5-6-8-14(17(20)21)12-16(19)13-23-11-10-22-4-2;/h19,23H,2-18H2,1H3,(H,29,34)(H,30,35)(H,36,37)(H,38,39)(H,40,41);14H,3-13H2,1-2H3,(H,20,21);1H4. The van der Waals surface area contributed by atoms with Crippen LogP contribution in [0.4, 0.5) is 0 Å². The number of carboxylic acid groups (broad SMARTS) is 4. The number of ketones is 5. The van der Waals surface area contributed by atoms with Crippen molar-refractivity contribution in [2.24, 2.45) is 11.8 Å². The zero-order valence-electron chi connectivity index (χ0n) is 39.4. The molecule has 2 amide bonds. The monoisotopic (exact) mass is 994 g/mol. The van der Waals surface area contributed by atoms with E-state index in [2.05, 4.69) is 10.6 Å². The zero-order chi connectivity index (χ0) is 51.2. The van der Waals surface area contributed by atoms with Crippen molar-refractivity contribution >= 4 is 74.4 Å². The van der Waals surface area contributed by atoms with Crippen molar-refractivity contribution < 1.29 is 91.1 Å². The van der Waals surface area contributed by atoms with Crippen molar-refractivity contribution in [3.63, 3.8) is 0 Å². The number of hydrogen-bond acceptors (Lipinski definition) is 15. The maximum atomic E-state index is 12.3. The van der Waals surface area contributed by atoms with Crippen molar-refractivity contribution in [3.05, 3.63) is 0 Å². The van der Waals surface area contributed by atoms with Gasteiger partial charge in [-0.05, 0) is 65.2 Å². The molecule has 0 aromatic carbocycles. The van der Waals surface area contributed by atoms with E-state index in [-0.39, 0.29) is 133 Å². The Kier molecular flexibility index (Phi) is 40.6. The molecule has 22 heteroatoms. The van der Waals surface area contributed by atoms with Crippen LogP contribution in [0.5, 0.6) is 0 Å². The second-order valence-electron chi connectivity index (χ2n) is 16.0. The van der Waals surface area contributed by atoms with Gasteiger partial charge < -0.3 is 40.5 Å². The van der Waals surface area contributed by atoms with E-state index in [0.717, 1.165) is 12.8 Å². The molecule has 0 saturated carbocycles. The summed E-state index contributed by atoms with van der Waals surface area (Å²) in [6, 6.07) is -1.38. The topological polar surface area (TPSA) is 345 Å². The number of rotatable bonds is 43. The Balaban J connectivity index is -0.00000148. The summed E-state index contributed by atoms with van der Waals surface area (Å²) >= 11 is 0. The highest BCUT2D eigenvalue weighted by Crippen LogP contribution is 2.17. The molecular weight excluding hydrogens is 917 g/mol. The Hall–Kier alpha value is -4.96. The number of carbonyl (C=O) groups is 11. The number of carbonyl (C=O) groups excluding carboxylic acids is 7. The van der Waals surface area contributed by atoms with E-state index in [9.17, 15) is 76.5 Å². The third kappa shape index (κ3) is 40.1. The third-order valence-corrected chi connectivity index (χ3v) is 11.7. The van der Waals surface area contributed by atoms with Crippen LogP contribution in [0, 0.1) is 11.8 Å². The minimum atomic E-state index is -3.72. The summed E-state index contributed by atoms with van der Waals surface area (Å²) in [7, 11) is -3.72. The first-order chi connectivity index (χ1) is 31.6. The van der Waals surface area contributed by atoms with Crippen LogP contribution in [-0.4, -0.2) is 144 Å². The van der Waals surface area contributed by atoms with E-state index in [4.69, 9.17) is 14.6 Å². The van der Waals surface area contributed by atoms with Crippen LogP contribution in [-0.2, 0) is 72.1 Å². The molecule has 0 aromatic heterocycles. The van der Waals surface area contributed by atoms with Gasteiger partial charge in [0.1, 0.15) is 41.5 Å². The van der Waals surface area contributed by atoms with Gasteiger partial charge in [0.2, 0.25) is 11.8 Å². The normalized spacial score (nSPS) is 12.2. The minimum absolute atomic E-state index is 0. The summed E-state index contributed by atoms with van der Waals surface area (Å²) in [5.74, 6) is -9.71. The molecular formula is C46H78N2O19S. The van der Waals surface area contributed by atoms with Crippen molar-refractivity contribution in [3.8, 4) is 0 Å². The second kappa shape index (κ2) is 41.1. The van der Waals surface area contributed by atoms with Gasteiger partial charge >= 0.3 is 23.9 Å². The number of nitrogens with one attached hydrogen (secondary N) is 2. The summed E-state index contributed by atoms with van der Waals surface area (Å²) in [6.45, 7) is 7.11. The summed E-state index contributed by atoms with van der Waals surface area (Å²) in [4.78, 5) is 127. The molecule has 0 spiro atoms. The lowest BCUT2D eigenvalue weighted by Crippen LogP contribution is -2.41. The average Bonchev–Trinajstić information content (AvgIpc) is 3.24. The lowest BCUT2D eigenvalue weighted by atomic mass is 9.94. The third-order valence-electron chi connectivity index (χ3n) is 10.1. The number of hydrogen-bond donors (Lipinski definition) is 6. The summed E-state index contributed by atoms with van der Waals surface area (Å²) < 4.78 is 34.3. The molecule has 3 atom stereocenters. The fourth-order valence-electron chi connectivity index (χ4n) is 6.32. The van der Waals surface area contributed by atoms with Gasteiger partial charge in [-0.1, -0.05) is 27.2 Å². The van der Waals surface area contributed by atoms with E-state index >= 15 is 0 Å². The first-order valence-electron chi connectivity index (χ1n) is 23.0. The van der Waals surface area contributed by atoms with Crippen LogP contribution < -0.4 is 10.6 Å². The molecule has 0 fully saturated rings. The number of carboxylic acids is 4. The highest BCUT2D eigenvalue weighted by molar-refractivity contribution is 7.92. The van der Waals surface area contributed by atoms with Crippen LogP contribution in [0.15, 0.2) is 0 Å². The first kappa shape index (κ1) is 67.3. The molecule has 21 nitrogen and oxygen atoms in total. The fraction of sp³-hybridized carbons (Fsp3) is 0.761. The molecule has 0 aliphatic carbocycles. The molecule has 0 heterocycles. The van der Waals surface area contributed by atoms with Crippen molar-refractivity contribution in [2.75, 3.05) is 44.5 Å². The maximum absolute atomic E-state index is 12.3. The number of aliphatic carboxylic acids is 4. The van der Waals surface area contributed by atoms with E-state index < -0.39 is 74.8 Å². The Morgan fingerprint density at radius 2 is 1.07 bits per heavy atom. The van der Waals surface area contributed by atoms with E-state index in [1.165, 1.54) is 0 Å². The van der Waals surface area contributed by atoms with E-state index in [0.29, 0.717) is 58.5 Å². The van der Waals surface area contributed by atoms with Gasteiger partial charge in [0, 0.05) is 83.8 Å². The lowest BCUT2D eigenvalue weighted by Gasteiger charge is -2.15. The lowest BCUT2D eigenvalue weighted by molar-refractivity contribution is -0.145. The van der Waals surface area contributed by atoms with Crippen LogP contribution in [0.2, 0.25) is 0 Å². The molecule has 3 unspecified atom stereocenters. The highest BCUT2D eigenvalue weighted by Gasteiger charge is 2.26. The highest BCUT2D eigenvalue weighted by atomic mass is 32.2. The average molecular weight is 995 g/mol. The van der Waals surface area contributed by atoms with Gasteiger partial charge in [-0.15, -0.1) is 0 Å². The number of unbranched alkanes of at least 4 members (excludes halogenated alkanes) is 3. The van der Waals surface area contributed by atoms with Gasteiger partial charge in [0.25, 0.3) is 0 Å². The fourth-order valence-corrected chi connectivity index (χ4v) is 7.68. The largest absolute Gasteiger partial charge is 0.481 e.